The largest absolute Gasteiger partial charge is 0.459 e. The van der Waals surface area contributed by atoms with Gasteiger partial charge in [0, 0.05) is 11.3 Å². The van der Waals surface area contributed by atoms with E-state index in [9.17, 15) is 9.36 Å². The average molecular weight is 516 g/mol. The van der Waals surface area contributed by atoms with E-state index >= 15 is 0 Å². The maximum absolute atomic E-state index is 13.6. The Morgan fingerprint density at radius 2 is 2.14 bits per heavy atom. The highest BCUT2D eigenvalue weighted by atomic mass is 31.2. The van der Waals surface area contributed by atoms with E-state index < -0.39 is 32.2 Å². The van der Waals surface area contributed by atoms with Crippen molar-refractivity contribution in [3.8, 4) is 5.75 Å². The van der Waals surface area contributed by atoms with Crippen LogP contribution in [0, 0.1) is 0 Å². The molecule has 0 aliphatic carbocycles. The van der Waals surface area contributed by atoms with Crippen molar-refractivity contribution in [1.29, 1.82) is 0 Å². The zero-order chi connectivity index (χ0) is 25.9. The fourth-order valence-corrected chi connectivity index (χ4v) is 5.18. The van der Waals surface area contributed by atoms with Gasteiger partial charge in [-0.05, 0) is 31.5 Å². The van der Waals surface area contributed by atoms with Gasteiger partial charge in [-0.15, -0.1) is 0 Å². The van der Waals surface area contributed by atoms with Crippen LogP contribution in [-0.4, -0.2) is 50.1 Å². The van der Waals surface area contributed by atoms with Crippen LogP contribution < -0.4 is 21.1 Å². The molecule has 0 saturated carbocycles. The SMILES string of the molecule is CC(=O)[C@H](C)NP(=O)(OC[C@H]1O[C@@H](n2cnc3c(N)nc(N)nc32)C[C@H]1N=[N+]=[N-])Oc1ccccc1. The highest BCUT2D eigenvalue weighted by Gasteiger charge is 2.40. The minimum absolute atomic E-state index is 0.0316. The molecule has 0 amide bonds. The summed E-state index contributed by atoms with van der Waals surface area (Å²) in [5.74, 6) is 0.106. The molecule has 1 aliphatic rings. The molecule has 4 rings (SSSR count). The molecule has 1 aromatic carbocycles. The lowest BCUT2D eigenvalue weighted by atomic mass is 10.1. The summed E-state index contributed by atoms with van der Waals surface area (Å²) in [4.78, 5) is 27.0. The fraction of sp³-hybridized carbons (Fsp3) is 0.400. The van der Waals surface area contributed by atoms with Gasteiger partial charge in [-0.2, -0.15) is 9.97 Å². The summed E-state index contributed by atoms with van der Waals surface area (Å²) >= 11 is 0. The number of nitrogens with two attached hydrogens (primary N) is 2. The van der Waals surface area contributed by atoms with Crippen LogP contribution in [0.5, 0.6) is 5.75 Å². The number of Topliss-reactive ketones (excluding diaryl/α,β-unsaturated/α-hetero) is 1. The number of rotatable bonds is 10. The number of carbonyl (C=O) groups is 1. The summed E-state index contributed by atoms with van der Waals surface area (Å²) in [5, 5.41) is 6.44. The van der Waals surface area contributed by atoms with Crippen LogP contribution >= 0.6 is 7.75 Å². The maximum Gasteiger partial charge on any atom is 0.459 e. The molecule has 1 saturated heterocycles. The Morgan fingerprint density at radius 3 is 2.83 bits per heavy atom. The van der Waals surface area contributed by atoms with Crippen molar-refractivity contribution in [1.82, 2.24) is 24.6 Å². The van der Waals surface area contributed by atoms with Gasteiger partial charge in [0.1, 0.15) is 23.3 Å². The second kappa shape index (κ2) is 10.5. The molecule has 0 spiro atoms. The molecule has 1 unspecified atom stereocenters. The van der Waals surface area contributed by atoms with Gasteiger partial charge in [0.05, 0.1) is 31.1 Å². The molecule has 2 aromatic heterocycles. The van der Waals surface area contributed by atoms with Crippen LogP contribution in [0.25, 0.3) is 21.6 Å². The molecular formula is C20H25N10O5P. The van der Waals surface area contributed by atoms with Crippen LogP contribution in [0.15, 0.2) is 41.8 Å². The van der Waals surface area contributed by atoms with Crippen LogP contribution in [0.3, 0.4) is 0 Å². The molecule has 3 aromatic rings. The third-order valence-electron chi connectivity index (χ3n) is 5.52. The van der Waals surface area contributed by atoms with E-state index in [0.29, 0.717) is 11.2 Å². The minimum Gasteiger partial charge on any atom is -0.413 e. The summed E-state index contributed by atoms with van der Waals surface area (Å²) in [5.41, 5.74) is 21.4. The maximum atomic E-state index is 13.6. The minimum atomic E-state index is -4.04. The first kappa shape index (κ1) is 25.4. The summed E-state index contributed by atoms with van der Waals surface area (Å²) in [7, 11) is -4.04. The Balaban J connectivity index is 1.55. The Hall–Kier alpha value is -3.74. The monoisotopic (exact) mass is 516 g/mol. The number of azide groups is 1. The van der Waals surface area contributed by atoms with Gasteiger partial charge in [0.25, 0.3) is 0 Å². The molecule has 190 valence electrons. The number of ketones is 1. The van der Waals surface area contributed by atoms with E-state index in [1.54, 1.807) is 41.8 Å². The Labute approximate surface area is 205 Å². The molecule has 3 heterocycles. The van der Waals surface area contributed by atoms with Crippen molar-refractivity contribution in [2.24, 2.45) is 5.11 Å². The number of benzene rings is 1. The number of aromatic nitrogens is 4. The second-order valence-corrected chi connectivity index (χ2v) is 9.78. The van der Waals surface area contributed by atoms with Gasteiger partial charge in [0.15, 0.2) is 11.5 Å². The standard InChI is InChI=1S/C20H25N10O5P/c1-11(12(2)31)28-36(32,35-13-6-4-3-5-7-13)33-9-15-14(27-29-23)8-16(34-15)30-10-24-17-18(21)25-20(22)26-19(17)30/h3-7,10-11,14-16H,8-9H2,1-2H3,(H,28,32)(H4,21,22,25,26)/t11-,14+,15+,16+,36?/m0/s1. The van der Waals surface area contributed by atoms with Gasteiger partial charge in [0.2, 0.25) is 5.95 Å². The van der Waals surface area contributed by atoms with E-state index in [2.05, 4.69) is 30.1 Å². The number of imidazole rings is 1. The molecule has 15 nitrogen and oxygen atoms in total. The van der Waals surface area contributed by atoms with Gasteiger partial charge in [-0.3, -0.25) is 13.9 Å². The highest BCUT2D eigenvalue weighted by Crippen LogP contribution is 2.46. The first-order chi connectivity index (χ1) is 17.2. The lowest BCUT2D eigenvalue weighted by molar-refractivity contribution is -0.118. The van der Waals surface area contributed by atoms with Crippen LogP contribution in [0.4, 0.5) is 11.8 Å². The second-order valence-electron chi connectivity index (χ2n) is 8.09. The molecular weight excluding hydrogens is 491 g/mol. The Kier molecular flexibility index (Phi) is 7.38. The van der Waals surface area contributed by atoms with Crippen molar-refractivity contribution in [3.05, 3.63) is 47.1 Å². The highest BCUT2D eigenvalue weighted by molar-refractivity contribution is 7.52. The van der Waals surface area contributed by atoms with E-state index in [4.69, 9.17) is 30.8 Å². The number of nitrogens with zero attached hydrogens (tertiary/aromatic N) is 7. The van der Waals surface area contributed by atoms with Crippen molar-refractivity contribution < 1.29 is 23.1 Å². The number of para-hydroxylation sites is 1. The van der Waals surface area contributed by atoms with E-state index in [1.807, 2.05) is 0 Å². The lowest BCUT2D eigenvalue weighted by Crippen LogP contribution is -2.34. The van der Waals surface area contributed by atoms with Gasteiger partial charge < -0.3 is 20.7 Å². The Bertz CT molecular complexity index is 1350. The van der Waals surface area contributed by atoms with Gasteiger partial charge in [-0.25, -0.2) is 14.6 Å². The predicted octanol–water partition coefficient (Wildman–Crippen LogP) is 2.73. The van der Waals surface area contributed by atoms with Crippen molar-refractivity contribution in [3.63, 3.8) is 0 Å². The van der Waals surface area contributed by atoms with Crippen molar-refractivity contribution in [2.75, 3.05) is 18.1 Å². The smallest absolute Gasteiger partial charge is 0.413 e. The van der Waals surface area contributed by atoms with Crippen molar-refractivity contribution >= 4 is 36.5 Å². The molecule has 5 atom stereocenters. The predicted molar refractivity (Wildman–Crippen MR) is 130 cm³/mol. The number of anilines is 2. The van der Waals surface area contributed by atoms with Gasteiger partial charge >= 0.3 is 7.75 Å². The third kappa shape index (κ3) is 5.56. The van der Waals surface area contributed by atoms with Crippen LogP contribution in [0.1, 0.15) is 26.5 Å². The molecule has 16 heteroatoms. The lowest BCUT2D eigenvalue weighted by Gasteiger charge is -2.24. The van der Waals surface area contributed by atoms with Crippen LogP contribution in [-0.2, 0) is 18.6 Å². The number of fused-ring (bicyclic) bond motifs is 1. The zero-order valence-electron chi connectivity index (χ0n) is 19.5. The molecule has 1 aliphatic heterocycles. The van der Waals surface area contributed by atoms with E-state index in [1.165, 1.54) is 13.3 Å². The first-order valence-corrected chi connectivity index (χ1v) is 12.5. The van der Waals surface area contributed by atoms with Crippen LogP contribution in [0.2, 0.25) is 0 Å². The van der Waals surface area contributed by atoms with E-state index in [0.717, 1.165) is 0 Å². The number of hydrogen-bond donors (Lipinski definition) is 3. The molecule has 1 fully saturated rings. The summed E-state index contributed by atoms with van der Waals surface area (Å²) < 4.78 is 32.5. The number of nitrogens with one attached hydrogen (secondary N) is 1. The average Bonchev–Trinajstić information content (AvgIpc) is 3.42. The molecule has 5 N–H and O–H groups in total. The van der Waals surface area contributed by atoms with Gasteiger partial charge in [-0.1, -0.05) is 23.3 Å². The summed E-state index contributed by atoms with van der Waals surface area (Å²) in [6.07, 6.45) is 0.248. The van der Waals surface area contributed by atoms with Crippen molar-refractivity contribution in [2.45, 2.75) is 44.7 Å². The normalized spacial score (nSPS) is 22.0. The zero-order valence-corrected chi connectivity index (χ0v) is 20.4. The number of ether oxygens (including phenoxy) is 1. The summed E-state index contributed by atoms with van der Waals surface area (Å²) in [6, 6.07) is 6.90. The number of nitrogen functional groups attached to an aromatic ring is 2. The molecule has 0 bridgehead atoms. The topological polar surface area (TPSA) is 218 Å². The molecule has 36 heavy (non-hydrogen) atoms. The fourth-order valence-electron chi connectivity index (χ4n) is 3.60. The first-order valence-electron chi connectivity index (χ1n) is 10.9. The third-order valence-corrected chi connectivity index (χ3v) is 7.16. The quantitative estimate of drug-likeness (QED) is 0.154. The Morgan fingerprint density at radius 1 is 1.39 bits per heavy atom. The summed E-state index contributed by atoms with van der Waals surface area (Å²) in [6.45, 7) is 2.63. The molecule has 0 radical (unpaired) electrons. The number of hydrogen-bond acceptors (Lipinski definition) is 11. The number of carbonyl (C=O) groups excluding carboxylic acids is 1. The van der Waals surface area contributed by atoms with E-state index in [-0.39, 0.29) is 36.3 Å².